The fraction of sp³-hybridized carbons (Fsp3) is 0.483. The van der Waals surface area contributed by atoms with E-state index in [0.717, 1.165) is 37.4 Å². The first-order chi connectivity index (χ1) is 18.9. The third kappa shape index (κ3) is 4.98. The molecule has 2 heterocycles. The van der Waals surface area contributed by atoms with Crippen molar-refractivity contribution in [3.63, 3.8) is 0 Å². The number of pyridine rings is 1. The van der Waals surface area contributed by atoms with E-state index in [2.05, 4.69) is 10.4 Å². The quantitative estimate of drug-likeness (QED) is 0.369. The Morgan fingerprint density at radius 2 is 1.90 bits per heavy atom. The Morgan fingerprint density at radius 3 is 2.55 bits per heavy atom. The van der Waals surface area contributed by atoms with Gasteiger partial charge in [0.15, 0.2) is 11.6 Å². The molecule has 11 heteroatoms. The lowest BCUT2D eigenvalue weighted by Gasteiger charge is -2.57. The number of fused-ring (bicyclic) bond motifs is 1. The van der Waals surface area contributed by atoms with Crippen LogP contribution in [0.25, 0.3) is 5.52 Å². The summed E-state index contributed by atoms with van der Waals surface area (Å²) in [5.41, 5.74) is 6.07. The van der Waals surface area contributed by atoms with Gasteiger partial charge in [-0.3, -0.25) is 9.59 Å². The first-order valence-corrected chi connectivity index (χ1v) is 13.5. The van der Waals surface area contributed by atoms with E-state index in [4.69, 9.17) is 15.2 Å². The van der Waals surface area contributed by atoms with Gasteiger partial charge in [0.05, 0.1) is 40.2 Å². The van der Waals surface area contributed by atoms with E-state index < -0.39 is 23.1 Å². The van der Waals surface area contributed by atoms with Crippen LogP contribution in [-0.4, -0.2) is 50.9 Å². The zero-order valence-corrected chi connectivity index (χ0v) is 22.4. The number of primary amides is 1. The van der Waals surface area contributed by atoms with Crippen LogP contribution in [0.2, 0.25) is 0 Å². The van der Waals surface area contributed by atoms with Crippen LogP contribution in [0.5, 0.6) is 11.5 Å². The van der Waals surface area contributed by atoms with Crippen molar-refractivity contribution < 1.29 is 33.0 Å². The second kappa shape index (κ2) is 9.43. The largest absolute Gasteiger partial charge is 0.489 e. The summed E-state index contributed by atoms with van der Waals surface area (Å²) in [6, 6.07) is 5.20. The van der Waals surface area contributed by atoms with E-state index in [1.165, 1.54) is 0 Å². The molecule has 212 valence electrons. The Balaban J connectivity index is 1.07. The number of aromatic nitrogens is 2. The molecule has 9 nitrogen and oxygen atoms in total. The SMILES string of the molecule is CC(C)(O)COc1ccc2c(C(=O)NC3CC4(C3)CC(Oc3c(F)cc(F)cc3C(N)=O)C4)cnn2c1C1CC1. The van der Waals surface area contributed by atoms with Gasteiger partial charge in [-0.1, -0.05) is 0 Å². The third-order valence-corrected chi connectivity index (χ3v) is 8.04. The maximum Gasteiger partial charge on any atom is 0.255 e. The molecular formula is C29H32F2N4O5. The molecular weight excluding hydrogens is 522 g/mol. The zero-order chi connectivity index (χ0) is 28.4. The average molecular weight is 555 g/mol. The van der Waals surface area contributed by atoms with Crippen LogP contribution in [0.15, 0.2) is 30.5 Å². The molecule has 1 aromatic carbocycles. The minimum atomic E-state index is -0.971. The molecule has 3 aliphatic carbocycles. The first kappa shape index (κ1) is 26.5. The van der Waals surface area contributed by atoms with Crippen molar-refractivity contribution in [3.8, 4) is 11.5 Å². The fourth-order valence-corrected chi connectivity index (χ4v) is 6.04. The molecule has 2 aromatic heterocycles. The van der Waals surface area contributed by atoms with Gasteiger partial charge in [0, 0.05) is 18.0 Å². The van der Waals surface area contributed by atoms with E-state index in [9.17, 15) is 23.5 Å². The highest BCUT2D eigenvalue weighted by molar-refractivity contribution is 6.01. The van der Waals surface area contributed by atoms with E-state index in [-0.39, 0.29) is 41.4 Å². The molecule has 3 saturated carbocycles. The lowest BCUT2D eigenvalue weighted by Crippen LogP contribution is -2.58. The number of carbonyl (C=O) groups is 2. The molecule has 0 radical (unpaired) electrons. The highest BCUT2D eigenvalue weighted by Gasteiger charge is 2.54. The standard InChI is InChI=1S/C29H32F2N4O5/c1-28(2,38)14-39-23-6-5-22-20(13-33-35(22)24(23)15-3-4-15)27(37)34-17-9-29(10-17)11-18(12-29)40-25-19(26(32)36)7-16(30)8-21(25)31/h5-8,13,15,17-18,38H,3-4,9-12,14H2,1-2H3,(H2,32,36)(H,34,37). The van der Waals surface area contributed by atoms with Crippen LogP contribution in [0.1, 0.15) is 84.7 Å². The summed E-state index contributed by atoms with van der Waals surface area (Å²) in [5, 5.41) is 17.7. The Bertz CT molecular complexity index is 1500. The second-order valence-corrected chi connectivity index (χ2v) is 12.2. The van der Waals surface area contributed by atoms with Crippen molar-refractivity contribution in [2.24, 2.45) is 11.1 Å². The number of hydrogen-bond donors (Lipinski definition) is 3. The van der Waals surface area contributed by atoms with Gasteiger partial charge in [-0.15, -0.1) is 0 Å². The van der Waals surface area contributed by atoms with E-state index in [1.807, 2.05) is 12.1 Å². The number of nitrogens with zero attached hydrogens (tertiary/aromatic N) is 2. The molecule has 0 saturated heterocycles. The molecule has 40 heavy (non-hydrogen) atoms. The summed E-state index contributed by atoms with van der Waals surface area (Å²) < 4.78 is 41.2. The maximum absolute atomic E-state index is 14.3. The van der Waals surface area contributed by atoms with Crippen LogP contribution in [0.4, 0.5) is 8.78 Å². The topological polar surface area (TPSA) is 128 Å². The average Bonchev–Trinajstić information content (AvgIpc) is 3.57. The first-order valence-electron chi connectivity index (χ1n) is 13.5. The molecule has 0 atom stereocenters. The lowest BCUT2D eigenvalue weighted by molar-refractivity contribution is -0.0845. The summed E-state index contributed by atoms with van der Waals surface area (Å²) in [6.45, 7) is 3.52. The fourth-order valence-electron chi connectivity index (χ4n) is 6.04. The molecule has 0 bridgehead atoms. The number of nitrogens with two attached hydrogens (primary N) is 1. The number of halogens is 2. The van der Waals surface area contributed by atoms with Gasteiger partial charge in [-0.25, -0.2) is 13.3 Å². The molecule has 1 spiro atoms. The molecule has 4 N–H and O–H groups in total. The maximum atomic E-state index is 14.3. The minimum Gasteiger partial charge on any atom is -0.489 e. The minimum absolute atomic E-state index is 0.00978. The summed E-state index contributed by atoms with van der Waals surface area (Å²) >= 11 is 0. The third-order valence-electron chi connectivity index (χ3n) is 8.04. The van der Waals surface area contributed by atoms with Gasteiger partial charge in [0.25, 0.3) is 11.8 Å². The van der Waals surface area contributed by atoms with Crippen molar-refractivity contribution in [3.05, 3.63) is 58.9 Å². The normalized spacial score (nSPS) is 23.9. The van der Waals surface area contributed by atoms with Gasteiger partial charge >= 0.3 is 0 Å². The number of benzene rings is 1. The van der Waals surface area contributed by atoms with Gasteiger partial charge in [0.2, 0.25) is 0 Å². The van der Waals surface area contributed by atoms with Crippen molar-refractivity contribution in [2.75, 3.05) is 6.61 Å². The van der Waals surface area contributed by atoms with Crippen LogP contribution in [-0.2, 0) is 0 Å². The molecule has 3 fully saturated rings. The Kier molecular flexibility index (Phi) is 6.25. The summed E-state index contributed by atoms with van der Waals surface area (Å²) in [7, 11) is 0. The van der Waals surface area contributed by atoms with E-state index in [0.29, 0.717) is 41.7 Å². The molecule has 3 aromatic rings. The van der Waals surface area contributed by atoms with Crippen LogP contribution < -0.4 is 20.5 Å². The number of nitrogens with one attached hydrogen (secondary N) is 1. The van der Waals surface area contributed by atoms with Crippen LogP contribution in [0, 0.1) is 17.0 Å². The number of hydrogen-bond acceptors (Lipinski definition) is 6. The molecule has 0 aliphatic heterocycles. The number of aliphatic hydroxyl groups is 1. The molecule has 2 amide bonds. The van der Waals surface area contributed by atoms with Crippen molar-refractivity contribution in [1.82, 2.24) is 14.9 Å². The van der Waals surface area contributed by atoms with Gasteiger partial charge in [-0.05, 0) is 76.0 Å². The molecule has 0 unspecified atom stereocenters. The predicted octanol–water partition coefficient (Wildman–Crippen LogP) is 3.86. The smallest absolute Gasteiger partial charge is 0.255 e. The van der Waals surface area contributed by atoms with Crippen molar-refractivity contribution in [1.29, 1.82) is 0 Å². The number of amides is 2. The predicted molar refractivity (Wildman–Crippen MR) is 140 cm³/mol. The summed E-state index contributed by atoms with van der Waals surface area (Å²) in [4.78, 5) is 24.8. The second-order valence-electron chi connectivity index (χ2n) is 12.2. The summed E-state index contributed by atoms with van der Waals surface area (Å²) in [5.74, 6) is -2.35. The number of rotatable bonds is 9. The highest BCUT2D eigenvalue weighted by atomic mass is 19.1. The highest BCUT2D eigenvalue weighted by Crippen LogP contribution is 2.57. The Morgan fingerprint density at radius 1 is 1.18 bits per heavy atom. The zero-order valence-electron chi connectivity index (χ0n) is 22.4. The van der Waals surface area contributed by atoms with Crippen LogP contribution in [0.3, 0.4) is 0 Å². The van der Waals surface area contributed by atoms with Crippen molar-refractivity contribution in [2.45, 2.75) is 76.0 Å². The summed E-state index contributed by atoms with van der Waals surface area (Å²) in [6.07, 6.45) is 6.10. The van der Waals surface area contributed by atoms with Crippen LogP contribution >= 0.6 is 0 Å². The Labute approximate surface area is 229 Å². The van der Waals surface area contributed by atoms with Gasteiger partial charge in [0.1, 0.15) is 18.2 Å². The van der Waals surface area contributed by atoms with E-state index >= 15 is 0 Å². The molecule has 3 aliphatic rings. The Hall–Kier alpha value is -3.73. The van der Waals surface area contributed by atoms with Gasteiger partial charge < -0.3 is 25.6 Å². The number of carbonyl (C=O) groups excluding carboxylic acids is 2. The van der Waals surface area contributed by atoms with Crippen molar-refractivity contribution >= 4 is 17.3 Å². The molecule has 6 rings (SSSR count). The monoisotopic (exact) mass is 554 g/mol. The van der Waals surface area contributed by atoms with Gasteiger partial charge in [-0.2, -0.15) is 5.10 Å². The number of ether oxygens (including phenoxy) is 2. The van der Waals surface area contributed by atoms with E-state index in [1.54, 1.807) is 24.6 Å². The lowest BCUT2D eigenvalue weighted by atomic mass is 9.53.